The van der Waals surface area contributed by atoms with Gasteiger partial charge in [0.15, 0.2) is 0 Å². The number of pyridine rings is 1. The molecule has 3 N–H and O–H groups in total. The number of aliphatic hydroxyl groups excluding tert-OH is 1. The van der Waals surface area contributed by atoms with Gasteiger partial charge in [-0.2, -0.15) is 0 Å². The van der Waals surface area contributed by atoms with Crippen LogP contribution in [0.15, 0.2) is 65.5 Å². The molecule has 5 rings (SSSR count). The van der Waals surface area contributed by atoms with Gasteiger partial charge in [-0.25, -0.2) is 0 Å². The quantitative estimate of drug-likeness (QED) is 0.505. The van der Waals surface area contributed by atoms with Crippen molar-refractivity contribution in [2.75, 3.05) is 13.7 Å². The van der Waals surface area contributed by atoms with Gasteiger partial charge in [0.25, 0.3) is 5.56 Å². The van der Waals surface area contributed by atoms with Crippen LogP contribution in [0.2, 0.25) is 5.02 Å². The molecular formula is C26H26ClN3O4. The second kappa shape index (κ2) is 9.25. The molecule has 0 bridgehead atoms. The van der Waals surface area contributed by atoms with Crippen molar-refractivity contribution in [3.05, 3.63) is 87.3 Å². The molecule has 7 nitrogen and oxygen atoms in total. The number of benzene rings is 2. The first-order valence-electron chi connectivity index (χ1n) is 11.3. The summed E-state index contributed by atoms with van der Waals surface area (Å²) in [6, 6.07) is 17.8. The Balaban J connectivity index is 1.38. The number of amides is 1. The summed E-state index contributed by atoms with van der Waals surface area (Å²) in [6.45, 7) is 0.595. The molecule has 2 aromatic carbocycles. The van der Waals surface area contributed by atoms with Crippen LogP contribution >= 0.6 is 11.6 Å². The van der Waals surface area contributed by atoms with E-state index >= 15 is 0 Å². The molecule has 0 spiro atoms. The third-order valence-electron chi connectivity index (χ3n) is 6.99. The van der Waals surface area contributed by atoms with Gasteiger partial charge in [-0.15, -0.1) is 0 Å². The molecule has 1 aromatic heterocycles. The molecule has 1 fully saturated rings. The summed E-state index contributed by atoms with van der Waals surface area (Å²) in [5.74, 6) is 0.0693. The number of carbonyl (C=O) groups excluding carboxylic acids is 1. The minimum Gasteiger partial charge on any atom is -0.496 e. The minimum absolute atomic E-state index is 0.0679. The number of rotatable bonds is 6. The van der Waals surface area contributed by atoms with Gasteiger partial charge < -0.3 is 19.7 Å². The second-order valence-corrected chi connectivity index (χ2v) is 9.14. The lowest BCUT2D eigenvalue weighted by Gasteiger charge is -2.21. The summed E-state index contributed by atoms with van der Waals surface area (Å²) >= 11 is 6.20. The van der Waals surface area contributed by atoms with Crippen LogP contribution in [0.5, 0.6) is 5.75 Å². The SMILES string of the molecule is COc1ccccc1-c1ccc2n(c1=O)C[C@H]1[C@H](CO)[C@@H](C(=O)NCc3ccccc3Cl)N[C@@H]21. The van der Waals surface area contributed by atoms with E-state index in [4.69, 9.17) is 16.3 Å². The Hall–Kier alpha value is -3.13. The van der Waals surface area contributed by atoms with E-state index in [9.17, 15) is 14.7 Å². The average Bonchev–Trinajstić information content (AvgIpc) is 3.40. The maximum absolute atomic E-state index is 13.4. The van der Waals surface area contributed by atoms with Gasteiger partial charge in [0.1, 0.15) is 5.75 Å². The second-order valence-electron chi connectivity index (χ2n) is 8.73. The molecular weight excluding hydrogens is 454 g/mol. The molecule has 0 saturated carbocycles. The van der Waals surface area contributed by atoms with Crippen LogP contribution in [0.3, 0.4) is 0 Å². The molecule has 2 aliphatic rings. The van der Waals surface area contributed by atoms with Gasteiger partial charge in [0.05, 0.1) is 24.8 Å². The standard InChI is InChI=1S/C26H26ClN3O4/c1-34-22-9-5-3-7-16(22)17-10-11-21-23-18(13-30(21)26(17)33)19(14-31)24(29-23)25(32)28-12-15-6-2-4-8-20(15)27/h2-11,18-19,23-24,29,31H,12-14H2,1H3,(H,28,32)/t18-,19-,23+,24-/m0/s1. The third kappa shape index (κ3) is 3.79. The number of aromatic nitrogens is 1. The lowest BCUT2D eigenvalue weighted by Crippen LogP contribution is -2.46. The van der Waals surface area contributed by atoms with Crippen LogP contribution in [0.4, 0.5) is 0 Å². The molecule has 1 saturated heterocycles. The molecule has 0 aliphatic carbocycles. The predicted octanol–water partition coefficient (Wildman–Crippen LogP) is 2.74. The van der Waals surface area contributed by atoms with Crippen LogP contribution in [0, 0.1) is 11.8 Å². The van der Waals surface area contributed by atoms with E-state index in [0.29, 0.717) is 29.4 Å². The largest absolute Gasteiger partial charge is 0.496 e. The molecule has 34 heavy (non-hydrogen) atoms. The van der Waals surface area contributed by atoms with Crippen LogP contribution < -0.4 is 20.9 Å². The summed E-state index contributed by atoms with van der Waals surface area (Å²) < 4.78 is 7.19. The molecule has 1 amide bonds. The number of para-hydroxylation sites is 1. The normalized spacial score (nSPS) is 22.8. The Bertz CT molecular complexity index is 1290. The number of hydrogen-bond acceptors (Lipinski definition) is 5. The van der Waals surface area contributed by atoms with Crippen molar-refractivity contribution < 1.29 is 14.6 Å². The zero-order valence-electron chi connectivity index (χ0n) is 18.7. The number of nitrogens with zero attached hydrogens (tertiary/aromatic N) is 1. The van der Waals surface area contributed by atoms with Crippen LogP contribution in [0.25, 0.3) is 11.1 Å². The third-order valence-corrected chi connectivity index (χ3v) is 7.36. The fourth-order valence-electron chi connectivity index (χ4n) is 5.26. The highest BCUT2D eigenvalue weighted by atomic mass is 35.5. The average molecular weight is 480 g/mol. The Morgan fingerprint density at radius 2 is 1.91 bits per heavy atom. The molecule has 3 heterocycles. The predicted molar refractivity (Wildman–Crippen MR) is 130 cm³/mol. The highest BCUT2D eigenvalue weighted by Crippen LogP contribution is 2.43. The molecule has 8 heteroatoms. The summed E-state index contributed by atoms with van der Waals surface area (Å²) in [7, 11) is 1.58. The Morgan fingerprint density at radius 3 is 2.68 bits per heavy atom. The van der Waals surface area contributed by atoms with E-state index in [1.165, 1.54) is 0 Å². The van der Waals surface area contributed by atoms with Crippen LogP contribution in [0.1, 0.15) is 17.3 Å². The number of halogens is 1. The molecule has 2 aliphatic heterocycles. The topological polar surface area (TPSA) is 92.6 Å². The van der Waals surface area contributed by atoms with Crippen LogP contribution in [-0.2, 0) is 17.9 Å². The number of nitrogens with one attached hydrogen (secondary N) is 2. The molecule has 3 aromatic rings. The number of methoxy groups -OCH3 is 1. The van der Waals surface area contributed by atoms with E-state index in [-0.39, 0.29) is 36.0 Å². The van der Waals surface area contributed by atoms with E-state index in [1.807, 2.05) is 54.6 Å². The Labute approximate surface area is 202 Å². The lowest BCUT2D eigenvalue weighted by atomic mass is 9.88. The summed E-state index contributed by atoms with van der Waals surface area (Å²) in [6.07, 6.45) is 0. The first kappa shape index (κ1) is 22.7. The number of ether oxygens (including phenoxy) is 1. The van der Waals surface area contributed by atoms with Crippen molar-refractivity contribution in [2.24, 2.45) is 11.8 Å². The summed E-state index contributed by atoms with van der Waals surface area (Å²) in [5.41, 5.74) is 2.86. The zero-order chi connectivity index (χ0) is 23.8. The van der Waals surface area contributed by atoms with Crippen LogP contribution in [-0.4, -0.2) is 35.3 Å². The van der Waals surface area contributed by atoms with E-state index in [0.717, 1.165) is 16.8 Å². The van der Waals surface area contributed by atoms with Crippen molar-refractivity contribution in [3.8, 4) is 16.9 Å². The fourth-order valence-corrected chi connectivity index (χ4v) is 5.46. The van der Waals surface area contributed by atoms with Gasteiger partial charge in [-0.3, -0.25) is 14.9 Å². The van der Waals surface area contributed by atoms with Gasteiger partial charge in [0, 0.05) is 47.8 Å². The van der Waals surface area contributed by atoms with Crippen molar-refractivity contribution in [1.29, 1.82) is 0 Å². The molecule has 4 atom stereocenters. The summed E-state index contributed by atoms with van der Waals surface area (Å²) in [5, 5.41) is 17.1. The number of carbonyl (C=O) groups is 1. The summed E-state index contributed by atoms with van der Waals surface area (Å²) in [4.78, 5) is 26.4. The van der Waals surface area contributed by atoms with Crippen molar-refractivity contribution in [2.45, 2.75) is 25.2 Å². The maximum Gasteiger partial charge on any atom is 0.258 e. The van der Waals surface area contributed by atoms with E-state index < -0.39 is 6.04 Å². The van der Waals surface area contributed by atoms with Gasteiger partial charge in [-0.05, 0) is 29.8 Å². The van der Waals surface area contributed by atoms with E-state index in [2.05, 4.69) is 10.6 Å². The van der Waals surface area contributed by atoms with E-state index in [1.54, 1.807) is 17.7 Å². The number of fused-ring (bicyclic) bond motifs is 3. The monoisotopic (exact) mass is 479 g/mol. The molecule has 0 radical (unpaired) electrons. The minimum atomic E-state index is -0.555. The number of hydrogen-bond donors (Lipinski definition) is 3. The Kier molecular flexibility index (Phi) is 6.16. The first-order chi connectivity index (χ1) is 16.5. The smallest absolute Gasteiger partial charge is 0.258 e. The van der Waals surface area contributed by atoms with Gasteiger partial charge >= 0.3 is 0 Å². The van der Waals surface area contributed by atoms with Gasteiger partial charge in [-0.1, -0.05) is 48.0 Å². The van der Waals surface area contributed by atoms with Crippen molar-refractivity contribution in [3.63, 3.8) is 0 Å². The van der Waals surface area contributed by atoms with Crippen molar-refractivity contribution >= 4 is 17.5 Å². The highest BCUT2D eigenvalue weighted by Gasteiger charge is 2.50. The highest BCUT2D eigenvalue weighted by molar-refractivity contribution is 6.31. The van der Waals surface area contributed by atoms with Crippen molar-refractivity contribution in [1.82, 2.24) is 15.2 Å². The molecule has 176 valence electrons. The number of aliphatic hydroxyl groups is 1. The molecule has 0 unspecified atom stereocenters. The van der Waals surface area contributed by atoms with Gasteiger partial charge in [0.2, 0.25) is 5.91 Å². The lowest BCUT2D eigenvalue weighted by molar-refractivity contribution is -0.124. The first-order valence-corrected chi connectivity index (χ1v) is 11.7. The Morgan fingerprint density at radius 1 is 1.15 bits per heavy atom. The fraction of sp³-hybridized carbons (Fsp3) is 0.308. The zero-order valence-corrected chi connectivity index (χ0v) is 19.5. The maximum atomic E-state index is 13.4.